The normalized spacial score (nSPS) is 17.1. The van der Waals surface area contributed by atoms with Crippen LogP contribution in [0.4, 0.5) is 0 Å². The zero-order valence-corrected chi connectivity index (χ0v) is 8.50. The van der Waals surface area contributed by atoms with Gasteiger partial charge in [-0.3, -0.25) is 14.5 Å². The second-order valence-corrected chi connectivity index (χ2v) is 3.90. The lowest BCUT2D eigenvalue weighted by Gasteiger charge is -2.18. The largest absolute Gasteiger partial charge is 0.269 e. The molecular formula is C10H9NO2S. The number of carbonyl (C=O) groups is 2. The molecule has 0 fully saturated rings. The highest BCUT2D eigenvalue weighted by atomic mass is 32.1. The van der Waals surface area contributed by atoms with Crippen LogP contribution in [0.1, 0.15) is 27.6 Å². The van der Waals surface area contributed by atoms with Gasteiger partial charge in [-0.2, -0.15) is 11.3 Å². The first kappa shape index (κ1) is 9.15. The van der Waals surface area contributed by atoms with Gasteiger partial charge in [0.1, 0.15) is 0 Å². The van der Waals surface area contributed by atoms with Gasteiger partial charge in [-0.05, 0) is 6.92 Å². The number of amides is 2. The van der Waals surface area contributed by atoms with Gasteiger partial charge in [-0.25, -0.2) is 0 Å². The molecule has 0 saturated heterocycles. The highest BCUT2D eigenvalue weighted by Gasteiger charge is 2.38. The third-order valence-electron chi connectivity index (χ3n) is 2.31. The Morgan fingerprint density at radius 3 is 2.29 bits per heavy atom. The first-order valence-electron chi connectivity index (χ1n) is 4.23. The van der Waals surface area contributed by atoms with E-state index in [2.05, 4.69) is 6.58 Å². The summed E-state index contributed by atoms with van der Waals surface area (Å²) in [6.07, 6.45) is 1.59. The van der Waals surface area contributed by atoms with Crippen molar-refractivity contribution < 1.29 is 9.59 Å². The van der Waals surface area contributed by atoms with Gasteiger partial charge >= 0.3 is 0 Å². The summed E-state index contributed by atoms with van der Waals surface area (Å²) in [6.45, 7) is 5.35. The Bertz CT molecular complexity index is 391. The maximum Gasteiger partial charge on any atom is 0.262 e. The van der Waals surface area contributed by atoms with E-state index < -0.39 is 0 Å². The summed E-state index contributed by atoms with van der Waals surface area (Å²) in [6, 6.07) is -0.243. The number of imide groups is 1. The first-order valence-corrected chi connectivity index (χ1v) is 5.17. The highest BCUT2D eigenvalue weighted by Crippen LogP contribution is 2.27. The quantitative estimate of drug-likeness (QED) is 0.549. The molecule has 0 saturated carbocycles. The van der Waals surface area contributed by atoms with Gasteiger partial charge in [0.2, 0.25) is 0 Å². The van der Waals surface area contributed by atoms with Crippen molar-refractivity contribution in [3.8, 4) is 0 Å². The maximum absolute atomic E-state index is 11.7. The van der Waals surface area contributed by atoms with Crippen molar-refractivity contribution in [2.75, 3.05) is 0 Å². The van der Waals surface area contributed by atoms with Crippen LogP contribution >= 0.6 is 11.3 Å². The molecule has 1 aliphatic heterocycles. The number of hydrogen-bond donors (Lipinski definition) is 0. The molecule has 2 amide bonds. The molecule has 0 aromatic carbocycles. The van der Waals surface area contributed by atoms with Crippen molar-refractivity contribution in [1.82, 2.24) is 4.90 Å². The smallest absolute Gasteiger partial charge is 0.262 e. The van der Waals surface area contributed by atoms with E-state index in [1.807, 2.05) is 0 Å². The third-order valence-corrected chi connectivity index (χ3v) is 3.05. The molecule has 0 radical (unpaired) electrons. The lowest BCUT2D eigenvalue weighted by molar-refractivity contribution is 0.0625. The van der Waals surface area contributed by atoms with Crippen molar-refractivity contribution in [2.45, 2.75) is 13.0 Å². The molecule has 1 atom stereocenters. The van der Waals surface area contributed by atoms with Gasteiger partial charge in [0.15, 0.2) is 0 Å². The number of fused-ring (bicyclic) bond motifs is 1. The van der Waals surface area contributed by atoms with E-state index >= 15 is 0 Å². The standard InChI is InChI=1S/C10H9NO2S/c1-3-6(2)11-9(12)7-4-14-5-8(7)10(11)13/h3-6H,1H2,2H3. The minimum Gasteiger partial charge on any atom is -0.269 e. The van der Waals surface area contributed by atoms with Gasteiger partial charge in [-0.15, -0.1) is 6.58 Å². The highest BCUT2D eigenvalue weighted by molar-refractivity contribution is 7.08. The Morgan fingerprint density at radius 1 is 1.36 bits per heavy atom. The van der Waals surface area contributed by atoms with Gasteiger partial charge in [0, 0.05) is 10.8 Å². The van der Waals surface area contributed by atoms with Crippen LogP contribution < -0.4 is 0 Å². The van der Waals surface area contributed by atoms with E-state index in [0.717, 1.165) is 0 Å². The zero-order valence-electron chi connectivity index (χ0n) is 7.69. The number of nitrogens with zero attached hydrogens (tertiary/aromatic N) is 1. The van der Waals surface area contributed by atoms with Gasteiger partial charge in [0.05, 0.1) is 17.2 Å². The fourth-order valence-electron chi connectivity index (χ4n) is 1.46. The molecule has 14 heavy (non-hydrogen) atoms. The molecule has 4 heteroatoms. The summed E-state index contributed by atoms with van der Waals surface area (Å²) in [4.78, 5) is 24.7. The Labute approximate surface area is 85.6 Å². The van der Waals surface area contributed by atoms with Crippen molar-refractivity contribution in [3.05, 3.63) is 34.5 Å². The Kier molecular flexibility index (Phi) is 2.00. The number of hydrogen-bond acceptors (Lipinski definition) is 3. The van der Waals surface area contributed by atoms with E-state index in [9.17, 15) is 9.59 Å². The fraction of sp³-hybridized carbons (Fsp3) is 0.200. The number of rotatable bonds is 2. The van der Waals surface area contributed by atoms with Crippen molar-refractivity contribution in [2.24, 2.45) is 0 Å². The molecule has 0 spiro atoms. The fourth-order valence-corrected chi connectivity index (χ4v) is 2.25. The molecule has 72 valence electrons. The predicted molar refractivity (Wildman–Crippen MR) is 54.5 cm³/mol. The van der Waals surface area contributed by atoms with Crippen LogP contribution in [-0.2, 0) is 0 Å². The van der Waals surface area contributed by atoms with Crippen LogP contribution in [0.3, 0.4) is 0 Å². The molecule has 1 aromatic heterocycles. The molecule has 1 aliphatic rings. The Hall–Kier alpha value is -1.42. The predicted octanol–water partition coefficient (Wildman–Crippen LogP) is 1.92. The molecule has 0 aliphatic carbocycles. The van der Waals surface area contributed by atoms with Crippen molar-refractivity contribution in [1.29, 1.82) is 0 Å². The average molecular weight is 207 g/mol. The van der Waals surface area contributed by atoms with E-state index in [1.165, 1.54) is 16.2 Å². The second-order valence-electron chi connectivity index (χ2n) is 3.16. The van der Waals surface area contributed by atoms with Crippen LogP contribution in [0.15, 0.2) is 23.4 Å². The van der Waals surface area contributed by atoms with Crippen LogP contribution in [0.25, 0.3) is 0 Å². The average Bonchev–Trinajstić information content (AvgIpc) is 2.72. The zero-order chi connectivity index (χ0) is 10.3. The Morgan fingerprint density at radius 2 is 1.86 bits per heavy atom. The molecule has 1 aromatic rings. The van der Waals surface area contributed by atoms with Crippen LogP contribution in [-0.4, -0.2) is 22.8 Å². The summed E-state index contributed by atoms with van der Waals surface area (Å²) in [5, 5.41) is 3.43. The summed E-state index contributed by atoms with van der Waals surface area (Å²) >= 11 is 1.38. The molecule has 1 unspecified atom stereocenters. The molecule has 0 N–H and O–H groups in total. The van der Waals surface area contributed by atoms with Crippen LogP contribution in [0, 0.1) is 0 Å². The lowest BCUT2D eigenvalue weighted by atomic mass is 10.2. The SMILES string of the molecule is C=CC(C)N1C(=O)c2cscc2C1=O. The Balaban J connectivity index is 2.45. The van der Waals surface area contributed by atoms with E-state index in [0.29, 0.717) is 11.1 Å². The van der Waals surface area contributed by atoms with E-state index in [1.54, 1.807) is 23.8 Å². The minimum atomic E-state index is -0.243. The van der Waals surface area contributed by atoms with Gasteiger partial charge in [-0.1, -0.05) is 6.08 Å². The second kappa shape index (κ2) is 3.06. The van der Waals surface area contributed by atoms with Crippen molar-refractivity contribution >= 4 is 23.2 Å². The van der Waals surface area contributed by atoms with Gasteiger partial charge in [0.25, 0.3) is 11.8 Å². The third kappa shape index (κ3) is 1.04. The molecular weight excluding hydrogens is 198 g/mol. The number of thiophene rings is 1. The topological polar surface area (TPSA) is 37.4 Å². The lowest BCUT2D eigenvalue weighted by Crippen LogP contribution is -2.36. The molecule has 2 rings (SSSR count). The summed E-state index contributed by atoms with van der Waals surface area (Å²) < 4.78 is 0. The first-order chi connectivity index (χ1) is 6.66. The van der Waals surface area contributed by atoms with E-state index in [-0.39, 0.29) is 17.9 Å². The van der Waals surface area contributed by atoms with Crippen LogP contribution in [0.5, 0.6) is 0 Å². The summed E-state index contributed by atoms with van der Waals surface area (Å²) in [5.41, 5.74) is 1.04. The summed E-state index contributed by atoms with van der Waals surface area (Å²) in [7, 11) is 0. The minimum absolute atomic E-state index is 0.210. The number of carbonyl (C=O) groups excluding carboxylic acids is 2. The van der Waals surface area contributed by atoms with Crippen LogP contribution in [0.2, 0.25) is 0 Å². The monoisotopic (exact) mass is 207 g/mol. The van der Waals surface area contributed by atoms with Crippen molar-refractivity contribution in [3.63, 3.8) is 0 Å². The summed E-state index contributed by atoms with van der Waals surface area (Å²) in [5.74, 6) is -0.419. The molecule has 2 heterocycles. The molecule has 3 nitrogen and oxygen atoms in total. The van der Waals surface area contributed by atoms with E-state index in [4.69, 9.17) is 0 Å². The van der Waals surface area contributed by atoms with Gasteiger partial charge < -0.3 is 0 Å². The molecule has 0 bridgehead atoms. The maximum atomic E-state index is 11.7.